The third kappa shape index (κ3) is 3.47. The molecule has 0 spiro atoms. The van der Waals surface area contributed by atoms with E-state index in [-0.39, 0.29) is 6.04 Å². The van der Waals surface area contributed by atoms with Crippen LogP contribution in [0.3, 0.4) is 0 Å². The van der Waals surface area contributed by atoms with Gasteiger partial charge in [0.25, 0.3) is 0 Å². The molecule has 0 aliphatic carbocycles. The van der Waals surface area contributed by atoms with Crippen LogP contribution in [0.1, 0.15) is 40.3 Å². The molecule has 0 saturated carbocycles. The lowest BCUT2D eigenvalue weighted by atomic mass is 9.93. The molecule has 20 heavy (non-hydrogen) atoms. The van der Waals surface area contributed by atoms with Gasteiger partial charge in [-0.15, -0.1) is 0 Å². The third-order valence-electron chi connectivity index (χ3n) is 4.03. The van der Waals surface area contributed by atoms with Crippen LogP contribution in [0.4, 0.5) is 0 Å². The summed E-state index contributed by atoms with van der Waals surface area (Å²) in [5.74, 6) is 5.77. The number of nitrogens with two attached hydrogens (primary N) is 1. The molecule has 0 aromatic heterocycles. The molecule has 1 atom stereocenters. The summed E-state index contributed by atoms with van der Waals surface area (Å²) in [4.78, 5) is 0. The van der Waals surface area contributed by atoms with Gasteiger partial charge < -0.3 is 0 Å². The summed E-state index contributed by atoms with van der Waals surface area (Å²) in [7, 11) is 0. The van der Waals surface area contributed by atoms with E-state index >= 15 is 0 Å². The first-order valence-electron chi connectivity index (χ1n) is 7.19. The van der Waals surface area contributed by atoms with Crippen LogP contribution in [0.15, 0.2) is 42.5 Å². The molecule has 2 aromatic rings. The molecule has 2 heteroatoms. The molecule has 0 bridgehead atoms. The summed E-state index contributed by atoms with van der Waals surface area (Å²) in [5, 5.41) is 0. The van der Waals surface area contributed by atoms with Gasteiger partial charge in [-0.2, -0.15) is 0 Å². The maximum Gasteiger partial charge on any atom is 0.0465 e. The predicted molar refractivity (Wildman–Crippen MR) is 85.5 cm³/mol. The normalized spacial score (nSPS) is 12.4. The molecule has 2 aromatic carbocycles. The Bertz CT molecular complexity index is 575. The monoisotopic (exact) mass is 268 g/mol. The quantitative estimate of drug-likeness (QED) is 0.640. The second kappa shape index (κ2) is 6.69. The lowest BCUT2D eigenvalue weighted by molar-refractivity contribution is 0.514. The number of hydrogen-bond donors (Lipinski definition) is 2. The second-order valence-corrected chi connectivity index (χ2v) is 5.54. The van der Waals surface area contributed by atoms with Gasteiger partial charge in [0, 0.05) is 6.04 Å². The second-order valence-electron chi connectivity index (χ2n) is 5.54. The number of hydrogen-bond acceptors (Lipinski definition) is 2. The summed E-state index contributed by atoms with van der Waals surface area (Å²) >= 11 is 0. The number of hydrazine groups is 1. The first-order valence-corrected chi connectivity index (χ1v) is 7.19. The SMILES string of the molecule is Cc1cccc(CCC(NN)c2cccc(C)c2C)c1. The van der Waals surface area contributed by atoms with Gasteiger partial charge in [-0.1, -0.05) is 48.0 Å². The van der Waals surface area contributed by atoms with E-state index in [0.29, 0.717) is 0 Å². The fourth-order valence-corrected chi connectivity index (χ4v) is 2.66. The summed E-state index contributed by atoms with van der Waals surface area (Å²) in [6, 6.07) is 15.3. The van der Waals surface area contributed by atoms with Crippen LogP contribution >= 0.6 is 0 Å². The zero-order valence-electron chi connectivity index (χ0n) is 12.6. The molecule has 0 aliphatic heterocycles. The van der Waals surface area contributed by atoms with Gasteiger partial charge in [0.05, 0.1) is 0 Å². The highest BCUT2D eigenvalue weighted by molar-refractivity contribution is 5.35. The van der Waals surface area contributed by atoms with Crippen molar-refractivity contribution in [3.8, 4) is 0 Å². The largest absolute Gasteiger partial charge is 0.271 e. The molecular formula is C18H24N2. The van der Waals surface area contributed by atoms with Gasteiger partial charge in [-0.05, 0) is 55.9 Å². The summed E-state index contributed by atoms with van der Waals surface area (Å²) in [5.41, 5.74) is 9.61. The van der Waals surface area contributed by atoms with Crippen LogP contribution in [0, 0.1) is 20.8 Å². The van der Waals surface area contributed by atoms with Crippen molar-refractivity contribution in [1.29, 1.82) is 0 Å². The average Bonchev–Trinajstić information content (AvgIpc) is 2.44. The number of benzene rings is 2. The lowest BCUT2D eigenvalue weighted by Crippen LogP contribution is -2.29. The van der Waals surface area contributed by atoms with E-state index in [1.807, 2.05) is 0 Å². The average molecular weight is 268 g/mol. The predicted octanol–water partition coefficient (Wildman–Crippen LogP) is 3.75. The molecule has 0 saturated heterocycles. The Balaban J connectivity index is 2.11. The van der Waals surface area contributed by atoms with Gasteiger partial charge in [0.1, 0.15) is 0 Å². The van der Waals surface area contributed by atoms with Gasteiger partial charge in [-0.3, -0.25) is 11.3 Å². The van der Waals surface area contributed by atoms with Crippen molar-refractivity contribution >= 4 is 0 Å². The minimum Gasteiger partial charge on any atom is -0.271 e. The molecule has 0 heterocycles. The van der Waals surface area contributed by atoms with E-state index in [2.05, 4.69) is 68.7 Å². The standard InChI is InChI=1S/C18H24N2/c1-13-6-4-8-16(12-13)10-11-18(20-19)17-9-5-7-14(2)15(17)3/h4-9,12,18,20H,10-11,19H2,1-3H3. The summed E-state index contributed by atoms with van der Waals surface area (Å²) < 4.78 is 0. The molecule has 0 amide bonds. The molecule has 2 rings (SSSR count). The van der Waals surface area contributed by atoms with Crippen molar-refractivity contribution < 1.29 is 0 Å². The van der Waals surface area contributed by atoms with E-state index in [0.717, 1.165) is 12.8 Å². The Kier molecular flexibility index (Phi) is 4.94. The Morgan fingerprint density at radius 3 is 2.50 bits per heavy atom. The Labute approximate surface area is 122 Å². The first-order chi connectivity index (χ1) is 9.61. The van der Waals surface area contributed by atoms with Crippen LogP contribution < -0.4 is 11.3 Å². The molecule has 0 aliphatic rings. The van der Waals surface area contributed by atoms with Crippen molar-refractivity contribution in [1.82, 2.24) is 5.43 Å². The molecule has 0 radical (unpaired) electrons. The molecule has 106 valence electrons. The molecule has 1 unspecified atom stereocenters. The van der Waals surface area contributed by atoms with E-state index in [1.54, 1.807) is 0 Å². The van der Waals surface area contributed by atoms with Crippen molar-refractivity contribution in [3.63, 3.8) is 0 Å². The van der Waals surface area contributed by atoms with E-state index in [4.69, 9.17) is 5.84 Å². The number of aryl methyl sites for hydroxylation is 3. The van der Waals surface area contributed by atoms with Crippen LogP contribution in [0.2, 0.25) is 0 Å². The number of rotatable bonds is 5. The highest BCUT2D eigenvalue weighted by atomic mass is 15.2. The molecule has 2 nitrogen and oxygen atoms in total. The highest BCUT2D eigenvalue weighted by Gasteiger charge is 2.13. The lowest BCUT2D eigenvalue weighted by Gasteiger charge is -2.20. The van der Waals surface area contributed by atoms with Crippen molar-refractivity contribution in [3.05, 3.63) is 70.3 Å². The zero-order chi connectivity index (χ0) is 14.5. The fraction of sp³-hybridized carbons (Fsp3) is 0.333. The first kappa shape index (κ1) is 14.8. The Hall–Kier alpha value is -1.64. The molecule has 0 fully saturated rings. The highest BCUT2D eigenvalue weighted by Crippen LogP contribution is 2.24. The van der Waals surface area contributed by atoms with Gasteiger partial charge in [0.15, 0.2) is 0 Å². The Morgan fingerprint density at radius 2 is 1.80 bits per heavy atom. The number of nitrogens with one attached hydrogen (secondary N) is 1. The smallest absolute Gasteiger partial charge is 0.0465 e. The maximum atomic E-state index is 5.77. The van der Waals surface area contributed by atoms with Crippen LogP contribution in [-0.4, -0.2) is 0 Å². The van der Waals surface area contributed by atoms with Crippen LogP contribution in [-0.2, 0) is 6.42 Å². The van der Waals surface area contributed by atoms with Crippen molar-refractivity contribution in [2.75, 3.05) is 0 Å². The van der Waals surface area contributed by atoms with Gasteiger partial charge >= 0.3 is 0 Å². The Morgan fingerprint density at radius 1 is 1.05 bits per heavy atom. The van der Waals surface area contributed by atoms with Crippen LogP contribution in [0.5, 0.6) is 0 Å². The minimum atomic E-state index is 0.204. The van der Waals surface area contributed by atoms with Gasteiger partial charge in [0.2, 0.25) is 0 Å². The van der Waals surface area contributed by atoms with E-state index < -0.39 is 0 Å². The third-order valence-corrected chi connectivity index (χ3v) is 4.03. The topological polar surface area (TPSA) is 38.0 Å². The van der Waals surface area contributed by atoms with Gasteiger partial charge in [-0.25, -0.2) is 0 Å². The fourth-order valence-electron chi connectivity index (χ4n) is 2.66. The van der Waals surface area contributed by atoms with Crippen molar-refractivity contribution in [2.45, 2.75) is 39.7 Å². The van der Waals surface area contributed by atoms with E-state index in [9.17, 15) is 0 Å². The van der Waals surface area contributed by atoms with E-state index in [1.165, 1.54) is 27.8 Å². The molecular weight excluding hydrogens is 244 g/mol. The maximum absolute atomic E-state index is 5.77. The zero-order valence-corrected chi connectivity index (χ0v) is 12.6. The summed E-state index contributed by atoms with van der Waals surface area (Å²) in [6.07, 6.45) is 2.04. The minimum absolute atomic E-state index is 0.204. The van der Waals surface area contributed by atoms with Crippen molar-refractivity contribution in [2.24, 2.45) is 5.84 Å². The van der Waals surface area contributed by atoms with Crippen LogP contribution in [0.25, 0.3) is 0 Å². The summed E-state index contributed by atoms with van der Waals surface area (Å²) in [6.45, 7) is 6.45. The molecule has 3 N–H and O–H groups in total.